The number of nitrogens with zero attached hydrogens (tertiary/aromatic N) is 1. The predicted molar refractivity (Wildman–Crippen MR) is 117 cm³/mol. The average Bonchev–Trinajstić information content (AvgIpc) is 2.74. The third kappa shape index (κ3) is 5.41. The molecule has 1 unspecified atom stereocenters. The number of carbonyl (C=O) groups is 2. The smallest absolute Gasteiger partial charge is 0.237 e. The van der Waals surface area contributed by atoms with Gasteiger partial charge in [0.1, 0.15) is 11.6 Å². The maximum atomic E-state index is 13.5. The van der Waals surface area contributed by atoms with Crippen molar-refractivity contribution in [3.8, 4) is 5.75 Å². The van der Waals surface area contributed by atoms with Crippen molar-refractivity contribution < 1.29 is 18.7 Å². The zero-order chi connectivity index (χ0) is 22.5. The first-order valence-electron chi connectivity index (χ1n) is 10.5. The van der Waals surface area contributed by atoms with E-state index in [4.69, 9.17) is 4.74 Å². The number of methoxy groups -OCH3 is 1. The van der Waals surface area contributed by atoms with Crippen LogP contribution in [0.3, 0.4) is 0 Å². The molecule has 7 heteroatoms. The van der Waals surface area contributed by atoms with E-state index >= 15 is 0 Å². The van der Waals surface area contributed by atoms with Crippen LogP contribution in [-0.4, -0.2) is 43.0 Å². The molecule has 0 spiro atoms. The van der Waals surface area contributed by atoms with Crippen LogP contribution in [0.2, 0.25) is 0 Å². The van der Waals surface area contributed by atoms with Crippen LogP contribution in [0, 0.1) is 26.6 Å². The number of rotatable bonds is 7. The first-order chi connectivity index (χ1) is 14.8. The molecule has 2 aromatic rings. The van der Waals surface area contributed by atoms with Crippen molar-refractivity contribution in [2.45, 2.75) is 46.3 Å². The Kier molecular flexibility index (Phi) is 7.28. The van der Waals surface area contributed by atoms with Crippen LogP contribution < -0.4 is 15.4 Å². The van der Waals surface area contributed by atoms with Crippen molar-refractivity contribution in [1.29, 1.82) is 0 Å². The second kappa shape index (κ2) is 9.92. The summed E-state index contributed by atoms with van der Waals surface area (Å²) in [6.45, 7) is 7.94. The molecule has 1 aliphatic heterocycles. The summed E-state index contributed by atoms with van der Waals surface area (Å²) in [5.41, 5.74) is 4.93. The summed E-state index contributed by atoms with van der Waals surface area (Å²) in [5, 5.41) is 5.68. The van der Waals surface area contributed by atoms with Crippen molar-refractivity contribution in [2.24, 2.45) is 0 Å². The summed E-state index contributed by atoms with van der Waals surface area (Å²) >= 11 is 0. The maximum Gasteiger partial charge on any atom is 0.237 e. The highest BCUT2D eigenvalue weighted by molar-refractivity contribution is 5.88. The Morgan fingerprint density at radius 3 is 2.71 bits per heavy atom. The number of aryl methyl sites for hydroxylation is 1. The third-order valence-electron chi connectivity index (χ3n) is 6.05. The zero-order valence-corrected chi connectivity index (χ0v) is 18.5. The highest BCUT2D eigenvalue weighted by Gasteiger charge is 2.32. The third-order valence-corrected chi connectivity index (χ3v) is 6.05. The molecule has 0 aromatic heterocycles. The highest BCUT2D eigenvalue weighted by atomic mass is 19.1. The van der Waals surface area contributed by atoms with Crippen molar-refractivity contribution in [3.05, 3.63) is 64.0 Å². The Hall–Kier alpha value is -2.93. The molecular formula is C24H30FN3O3. The Bertz CT molecular complexity index is 977. The summed E-state index contributed by atoms with van der Waals surface area (Å²) in [5.74, 6) is 0.114. The molecule has 0 aliphatic carbocycles. The maximum absolute atomic E-state index is 13.5. The van der Waals surface area contributed by atoms with Gasteiger partial charge < -0.3 is 15.4 Å². The van der Waals surface area contributed by atoms with E-state index in [9.17, 15) is 14.0 Å². The number of carbonyl (C=O) groups excluding carboxylic acids is 2. The lowest BCUT2D eigenvalue weighted by atomic mass is 10.00. The summed E-state index contributed by atoms with van der Waals surface area (Å²) in [4.78, 5) is 27.2. The molecule has 1 fully saturated rings. The van der Waals surface area contributed by atoms with Crippen molar-refractivity contribution in [2.75, 3.05) is 20.2 Å². The molecule has 2 aromatic carbocycles. The van der Waals surface area contributed by atoms with Crippen LogP contribution in [0.4, 0.5) is 4.39 Å². The minimum Gasteiger partial charge on any atom is -0.496 e. The molecule has 0 radical (unpaired) electrons. The number of benzene rings is 2. The lowest BCUT2D eigenvalue weighted by Crippen LogP contribution is -2.56. The molecule has 0 saturated carbocycles. The fourth-order valence-electron chi connectivity index (χ4n) is 3.91. The molecular weight excluding hydrogens is 397 g/mol. The van der Waals surface area contributed by atoms with Gasteiger partial charge in [-0.2, -0.15) is 0 Å². The predicted octanol–water partition coefficient (Wildman–Crippen LogP) is 2.77. The Labute approximate surface area is 182 Å². The molecule has 166 valence electrons. The summed E-state index contributed by atoms with van der Waals surface area (Å²) < 4.78 is 18.9. The van der Waals surface area contributed by atoms with Crippen LogP contribution in [0.25, 0.3) is 0 Å². The molecule has 1 atom stereocenters. The van der Waals surface area contributed by atoms with E-state index in [-0.39, 0.29) is 30.6 Å². The lowest BCUT2D eigenvalue weighted by Gasteiger charge is -2.35. The summed E-state index contributed by atoms with van der Waals surface area (Å²) in [7, 11) is 1.65. The summed E-state index contributed by atoms with van der Waals surface area (Å²) in [6.07, 6.45) is 0.0500. The van der Waals surface area contributed by atoms with Gasteiger partial charge in [-0.1, -0.05) is 12.1 Å². The van der Waals surface area contributed by atoms with Gasteiger partial charge in [-0.25, -0.2) is 4.39 Å². The first-order valence-corrected chi connectivity index (χ1v) is 10.5. The van der Waals surface area contributed by atoms with E-state index in [1.54, 1.807) is 13.2 Å². The SMILES string of the molecule is COc1ccc(CN2CCNC(=O)C2CC(=O)NCc2cc(F)ccc2C)c(C)c1C. The van der Waals surface area contributed by atoms with Gasteiger partial charge in [0.15, 0.2) is 0 Å². The minimum atomic E-state index is -0.552. The number of amides is 2. The molecule has 3 rings (SSSR count). The standard InChI is InChI=1S/C24H30FN3O3/c1-15-5-7-20(25)11-19(15)13-27-23(29)12-21-24(30)26-9-10-28(21)14-18-6-8-22(31-4)17(3)16(18)2/h5-8,11,21H,9-10,12-14H2,1-4H3,(H,26,30)(H,27,29). The van der Waals surface area contributed by atoms with E-state index in [0.717, 1.165) is 33.6 Å². The van der Waals surface area contributed by atoms with Crippen molar-refractivity contribution in [1.82, 2.24) is 15.5 Å². The van der Waals surface area contributed by atoms with Crippen LogP contribution >= 0.6 is 0 Å². The number of nitrogens with one attached hydrogen (secondary N) is 2. The van der Waals surface area contributed by atoms with Gasteiger partial charge in [-0.3, -0.25) is 14.5 Å². The number of piperazine rings is 1. The highest BCUT2D eigenvalue weighted by Crippen LogP contribution is 2.26. The average molecular weight is 428 g/mol. The Balaban J connectivity index is 1.68. The fourth-order valence-corrected chi connectivity index (χ4v) is 3.91. The van der Waals surface area contributed by atoms with Gasteiger partial charge in [0.25, 0.3) is 0 Å². The van der Waals surface area contributed by atoms with Gasteiger partial charge in [0.05, 0.1) is 19.6 Å². The molecule has 0 bridgehead atoms. The molecule has 1 heterocycles. The van der Waals surface area contributed by atoms with Gasteiger partial charge in [0.2, 0.25) is 11.8 Å². The van der Waals surface area contributed by atoms with Crippen LogP contribution in [-0.2, 0) is 22.7 Å². The fraction of sp³-hybridized carbons (Fsp3) is 0.417. The number of hydrogen-bond donors (Lipinski definition) is 2. The van der Waals surface area contributed by atoms with E-state index in [1.165, 1.54) is 12.1 Å². The van der Waals surface area contributed by atoms with Gasteiger partial charge in [-0.05, 0) is 66.8 Å². The topological polar surface area (TPSA) is 70.7 Å². The van der Waals surface area contributed by atoms with E-state index in [0.29, 0.717) is 19.6 Å². The summed E-state index contributed by atoms with van der Waals surface area (Å²) in [6, 6.07) is 7.90. The molecule has 31 heavy (non-hydrogen) atoms. The largest absolute Gasteiger partial charge is 0.496 e. The Morgan fingerprint density at radius 2 is 1.97 bits per heavy atom. The zero-order valence-electron chi connectivity index (χ0n) is 18.5. The normalized spacial score (nSPS) is 16.7. The Morgan fingerprint density at radius 1 is 1.19 bits per heavy atom. The molecule has 6 nitrogen and oxygen atoms in total. The van der Waals surface area contributed by atoms with Gasteiger partial charge in [0, 0.05) is 26.2 Å². The van der Waals surface area contributed by atoms with Crippen molar-refractivity contribution >= 4 is 11.8 Å². The van der Waals surface area contributed by atoms with E-state index in [2.05, 4.69) is 10.6 Å². The molecule has 2 amide bonds. The quantitative estimate of drug-likeness (QED) is 0.713. The first kappa shape index (κ1) is 22.7. The second-order valence-corrected chi connectivity index (χ2v) is 8.01. The van der Waals surface area contributed by atoms with Crippen LogP contribution in [0.1, 0.15) is 34.2 Å². The molecule has 1 aliphatic rings. The van der Waals surface area contributed by atoms with Gasteiger partial charge >= 0.3 is 0 Å². The number of halogens is 1. The molecule has 1 saturated heterocycles. The van der Waals surface area contributed by atoms with Gasteiger partial charge in [-0.15, -0.1) is 0 Å². The lowest BCUT2D eigenvalue weighted by molar-refractivity contribution is -0.134. The second-order valence-electron chi connectivity index (χ2n) is 8.01. The van der Waals surface area contributed by atoms with Crippen LogP contribution in [0.5, 0.6) is 5.75 Å². The number of hydrogen-bond acceptors (Lipinski definition) is 4. The monoisotopic (exact) mass is 427 g/mol. The number of ether oxygens (including phenoxy) is 1. The van der Waals surface area contributed by atoms with Crippen LogP contribution in [0.15, 0.2) is 30.3 Å². The van der Waals surface area contributed by atoms with E-state index in [1.807, 2.05) is 37.8 Å². The van der Waals surface area contributed by atoms with E-state index < -0.39 is 6.04 Å². The molecule has 2 N–H and O–H groups in total. The minimum absolute atomic E-state index is 0.0500. The van der Waals surface area contributed by atoms with Crippen molar-refractivity contribution in [3.63, 3.8) is 0 Å².